The van der Waals surface area contributed by atoms with Crippen molar-refractivity contribution in [3.05, 3.63) is 16.6 Å². The van der Waals surface area contributed by atoms with E-state index in [1.807, 2.05) is 5.51 Å². The Bertz CT molecular complexity index is 406. The van der Waals surface area contributed by atoms with E-state index in [-0.39, 0.29) is 0 Å². The average molecular weight is 308 g/mol. The summed E-state index contributed by atoms with van der Waals surface area (Å²) in [6.07, 6.45) is 11.3. The highest BCUT2D eigenvalue weighted by Gasteiger charge is 2.34. The standard InChI is InChI=1S/C17H29N3S/c1-20(10-16-11-21-14-19-16)13-17(12-18-15-6-7-15)8-4-2-3-5-9-17/h11,14-15,18H,2-10,12-13H2,1H3. The summed E-state index contributed by atoms with van der Waals surface area (Å²) in [7, 11) is 2.27. The Morgan fingerprint density at radius 2 is 2.05 bits per heavy atom. The van der Waals surface area contributed by atoms with E-state index < -0.39 is 0 Å². The molecule has 118 valence electrons. The Balaban J connectivity index is 1.59. The van der Waals surface area contributed by atoms with E-state index in [4.69, 9.17) is 0 Å². The van der Waals surface area contributed by atoms with Crippen LogP contribution in [-0.4, -0.2) is 36.1 Å². The van der Waals surface area contributed by atoms with E-state index in [0.29, 0.717) is 5.41 Å². The topological polar surface area (TPSA) is 28.2 Å². The van der Waals surface area contributed by atoms with Crippen molar-refractivity contribution in [2.75, 3.05) is 20.1 Å². The lowest BCUT2D eigenvalue weighted by Crippen LogP contribution is -2.43. The molecule has 3 rings (SSSR count). The van der Waals surface area contributed by atoms with Gasteiger partial charge < -0.3 is 5.32 Å². The fourth-order valence-corrected chi connectivity index (χ4v) is 4.29. The largest absolute Gasteiger partial charge is 0.313 e. The molecule has 1 aromatic heterocycles. The molecule has 4 heteroatoms. The Morgan fingerprint density at radius 1 is 1.29 bits per heavy atom. The summed E-state index contributed by atoms with van der Waals surface area (Å²) in [4.78, 5) is 6.93. The first kappa shape index (κ1) is 15.4. The van der Waals surface area contributed by atoms with Gasteiger partial charge in [-0.2, -0.15) is 0 Å². The van der Waals surface area contributed by atoms with Crippen molar-refractivity contribution in [3.8, 4) is 0 Å². The third-order valence-corrected chi connectivity index (χ3v) is 5.66. The molecule has 21 heavy (non-hydrogen) atoms. The van der Waals surface area contributed by atoms with Crippen LogP contribution in [0.25, 0.3) is 0 Å². The van der Waals surface area contributed by atoms with Crippen molar-refractivity contribution in [3.63, 3.8) is 0 Å². The lowest BCUT2D eigenvalue weighted by atomic mass is 9.79. The molecule has 1 heterocycles. The normalized spacial score (nSPS) is 22.4. The van der Waals surface area contributed by atoms with Crippen LogP contribution in [0.15, 0.2) is 10.9 Å². The van der Waals surface area contributed by atoms with Gasteiger partial charge in [-0.1, -0.05) is 25.7 Å². The summed E-state index contributed by atoms with van der Waals surface area (Å²) < 4.78 is 0. The van der Waals surface area contributed by atoms with Crippen molar-refractivity contribution in [2.24, 2.45) is 5.41 Å². The van der Waals surface area contributed by atoms with Crippen LogP contribution in [0.5, 0.6) is 0 Å². The fraction of sp³-hybridized carbons (Fsp3) is 0.824. The summed E-state index contributed by atoms with van der Waals surface area (Å²) >= 11 is 1.70. The molecule has 0 saturated heterocycles. The molecule has 1 N–H and O–H groups in total. The first-order valence-corrected chi connectivity index (χ1v) is 9.49. The maximum absolute atomic E-state index is 4.44. The molecule has 0 bridgehead atoms. The van der Waals surface area contributed by atoms with Gasteiger partial charge in [-0.25, -0.2) is 4.98 Å². The van der Waals surface area contributed by atoms with E-state index in [9.17, 15) is 0 Å². The third kappa shape index (κ3) is 4.76. The zero-order chi connectivity index (χ0) is 14.5. The quantitative estimate of drug-likeness (QED) is 0.779. The summed E-state index contributed by atoms with van der Waals surface area (Å²) in [5, 5.41) is 6.00. The van der Waals surface area contributed by atoms with Crippen LogP contribution < -0.4 is 5.32 Å². The highest BCUT2D eigenvalue weighted by Crippen LogP contribution is 2.36. The van der Waals surface area contributed by atoms with Crippen LogP contribution in [0, 0.1) is 5.41 Å². The SMILES string of the molecule is CN(Cc1cscn1)CC1(CNC2CC2)CCCCCC1. The molecule has 2 saturated carbocycles. The smallest absolute Gasteiger partial charge is 0.0795 e. The molecule has 2 aliphatic carbocycles. The molecule has 0 atom stereocenters. The number of rotatable bonds is 7. The van der Waals surface area contributed by atoms with Crippen LogP contribution in [-0.2, 0) is 6.54 Å². The lowest BCUT2D eigenvalue weighted by molar-refractivity contribution is 0.140. The van der Waals surface area contributed by atoms with Gasteiger partial charge in [0.25, 0.3) is 0 Å². The zero-order valence-corrected chi connectivity index (χ0v) is 14.1. The minimum Gasteiger partial charge on any atom is -0.313 e. The van der Waals surface area contributed by atoms with E-state index in [2.05, 4.69) is 27.6 Å². The van der Waals surface area contributed by atoms with Gasteiger partial charge in [0.1, 0.15) is 0 Å². The van der Waals surface area contributed by atoms with Gasteiger partial charge in [-0.15, -0.1) is 11.3 Å². The Kier molecular flexibility index (Phi) is 5.30. The molecule has 0 amide bonds. The van der Waals surface area contributed by atoms with Gasteiger partial charge in [-0.05, 0) is 38.1 Å². The average Bonchev–Trinajstić information content (AvgIpc) is 3.21. The van der Waals surface area contributed by atoms with Gasteiger partial charge in [-0.3, -0.25) is 4.90 Å². The Hall–Kier alpha value is -0.450. The molecule has 3 nitrogen and oxygen atoms in total. The second kappa shape index (κ2) is 7.21. The van der Waals surface area contributed by atoms with Crippen LogP contribution in [0.4, 0.5) is 0 Å². The summed E-state index contributed by atoms with van der Waals surface area (Å²) in [6, 6.07) is 0.828. The van der Waals surface area contributed by atoms with Crippen molar-refractivity contribution in [2.45, 2.75) is 64.0 Å². The molecule has 1 aromatic rings. The number of hydrogen-bond donors (Lipinski definition) is 1. The van der Waals surface area contributed by atoms with Crippen LogP contribution in [0.3, 0.4) is 0 Å². The molecule has 0 radical (unpaired) electrons. The minimum absolute atomic E-state index is 0.490. The van der Waals surface area contributed by atoms with E-state index in [0.717, 1.165) is 12.6 Å². The zero-order valence-electron chi connectivity index (χ0n) is 13.3. The van der Waals surface area contributed by atoms with Gasteiger partial charge >= 0.3 is 0 Å². The Morgan fingerprint density at radius 3 is 2.67 bits per heavy atom. The third-order valence-electron chi connectivity index (χ3n) is 5.03. The van der Waals surface area contributed by atoms with Crippen molar-refractivity contribution in [1.82, 2.24) is 15.2 Å². The fourth-order valence-electron chi connectivity index (χ4n) is 3.74. The molecule has 0 aromatic carbocycles. The number of thiazole rings is 1. The molecule has 2 fully saturated rings. The van der Waals surface area contributed by atoms with Crippen molar-refractivity contribution >= 4 is 11.3 Å². The maximum Gasteiger partial charge on any atom is 0.0795 e. The Labute approximate surface area is 133 Å². The van der Waals surface area contributed by atoms with Crippen LogP contribution in [0.2, 0.25) is 0 Å². The minimum atomic E-state index is 0.490. The van der Waals surface area contributed by atoms with Crippen molar-refractivity contribution in [1.29, 1.82) is 0 Å². The number of aromatic nitrogens is 1. The van der Waals surface area contributed by atoms with Gasteiger partial charge in [0, 0.05) is 31.1 Å². The van der Waals surface area contributed by atoms with Gasteiger partial charge in [0.2, 0.25) is 0 Å². The van der Waals surface area contributed by atoms with Crippen LogP contribution >= 0.6 is 11.3 Å². The first-order valence-electron chi connectivity index (χ1n) is 8.55. The number of nitrogens with zero attached hydrogens (tertiary/aromatic N) is 2. The maximum atomic E-state index is 4.44. The molecule has 2 aliphatic rings. The highest BCUT2D eigenvalue weighted by atomic mass is 32.1. The molecule has 0 aliphatic heterocycles. The second-order valence-corrected chi connectivity index (χ2v) is 7.94. The predicted octanol–water partition coefficient (Wildman–Crippen LogP) is 3.67. The van der Waals surface area contributed by atoms with E-state index >= 15 is 0 Å². The molecular weight excluding hydrogens is 278 g/mol. The molecular formula is C17H29N3S. The van der Waals surface area contributed by atoms with Crippen LogP contribution in [0.1, 0.15) is 57.1 Å². The predicted molar refractivity (Wildman–Crippen MR) is 89.6 cm³/mol. The number of nitrogens with one attached hydrogen (secondary N) is 1. The van der Waals surface area contributed by atoms with E-state index in [1.54, 1.807) is 11.3 Å². The highest BCUT2D eigenvalue weighted by molar-refractivity contribution is 7.07. The molecule has 0 unspecified atom stereocenters. The van der Waals surface area contributed by atoms with Gasteiger partial charge in [0.05, 0.1) is 11.2 Å². The van der Waals surface area contributed by atoms with Gasteiger partial charge in [0.15, 0.2) is 0 Å². The second-order valence-electron chi connectivity index (χ2n) is 7.22. The first-order chi connectivity index (χ1) is 10.3. The van der Waals surface area contributed by atoms with E-state index in [1.165, 1.54) is 70.2 Å². The lowest BCUT2D eigenvalue weighted by Gasteiger charge is -2.37. The van der Waals surface area contributed by atoms with Crippen molar-refractivity contribution < 1.29 is 0 Å². The summed E-state index contributed by atoms with van der Waals surface area (Å²) in [6.45, 7) is 3.43. The summed E-state index contributed by atoms with van der Waals surface area (Å²) in [5.74, 6) is 0. The summed E-state index contributed by atoms with van der Waals surface area (Å²) in [5.41, 5.74) is 3.66. The number of hydrogen-bond acceptors (Lipinski definition) is 4. The monoisotopic (exact) mass is 307 g/mol. The molecule has 0 spiro atoms.